The van der Waals surface area contributed by atoms with Crippen LogP contribution in [0.25, 0.3) is 110 Å². The number of fused-ring (bicyclic) bond motifs is 11. The fraction of sp³-hybridized carbons (Fsp3) is 0. The van der Waals surface area contributed by atoms with Gasteiger partial charge in [0.05, 0.1) is 0 Å². The van der Waals surface area contributed by atoms with Gasteiger partial charge < -0.3 is 13.7 Å². The van der Waals surface area contributed by atoms with E-state index in [1.807, 2.05) is 12.1 Å². The van der Waals surface area contributed by atoms with Crippen LogP contribution in [0.3, 0.4) is 0 Å². The largest absolute Gasteiger partial charge is 0.456 e. The molecule has 2 heterocycles. The third-order valence-corrected chi connectivity index (χ3v) is 12.8. The first kappa shape index (κ1) is 35.4. The van der Waals surface area contributed by atoms with E-state index in [2.05, 4.69) is 217 Å². The molecule has 0 unspecified atom stereocenters. The van der Waals surface area contributed by atoms with E-state index in [9.17, 15) is 0 Å². The van der Waals surface area contributed by atoms with Crippen molar-refractivity contribution in [3.05, 3.63) is 224 Å². The Hall–Kier alpha value is -8.40. The summed E-state index contributed by atoms with van der Waals surface area (Å²) < 4.78 is 12.8. The molecular formula is C60H37NO2. The van der Waals surface area contributed by atoms with Gasteiger partial charge in [-0.3, -0.25) is 0 Å². The van der Waals surface area contributed by atoms with Gasteiger partial charge in [0.25, 0.3) is 0 Å². The maximum atomic E-state index is 6.61. The molecule has 3 heteroatoms. The third-order valence-electron chi connectivity index (χ3n) is 12.8. The van der Waals surface area contributed by atoms with E-state index in [4.69, 9.17) is 8.83 Å². The Balaban J connectivity index is 0.947. The summed E-state index contributed by atoms with van der Waals surface area (Å²) in [5, 5.41) is 11.8. The summed E-state index contributed by atoms with van der Waals surface area (Å²) in [6.45, 7) is 0. The van der Waals surface area contributed by atoms with Crippen molar-refractivity contribution < 1.29 is 8.83 Å². The highest BCUT2D eigenvalue weighted by Gasteiger charge is 2.19. The zero-order chi connectivity index (χ0) is 41.4. The van der Waals surface area contributed by atoms with Crippen molar-refractivity contribution in [1.29, 1.82) is 0 Å². The average Bonchev–Trinajstić information content (AvgIpc) is 3.93. The van der Waals surface area contributed by atoms with Gasteiger partial charge in [-0.2, -0.15) is 0 Å². The molecule has 0 aliphatic heterocycles. The Kier molecular flexibility index (Phi) is 7.91. The van der Waals surface area contributed by atoms with Crippen LogP contribution in [-0.2, 0) is 0 Å². The number of para-hydroxylation sites is 1. The van der Waals surface area contributed by atoms with E-state index in [0.717, 1.165) is 88.6 Å². The standard InChI is InChI=1S/C60H37NO2/c1-4-16-49-39(11-1)27-33-53-59-48(20-10-22-58(59)63-60(49)53)42-13-9-14-46(35-42)61(44-29-23-38(24-30-44)41-28-34-57-55(36-41)52-19-7-8-21-56(52)62-57)45-31-25-40(26-32-45)54-37-43-12-2-3-15-47(43)50-17-5-6-18-51(50)54/h1-37H. The summed E-state index contributed by atoms with van der Waals surface area (Å²) in [5.74, 6) is 0. The Morgan fingerprint density at radius 3 is 1.73 bits per heavy atom. The van der Waals surface area contributed by atoms with Gasteiger partial charge in [0.1, 0.15) is 22.3 Å². The molecule has 0 saturated heterocycles. The highest BCUT2D eigenvalue weighted by atomic mass is 16.3. The lowest BCUT2D eigenvalue weighted by Crippen LogP contribution is -2.10. The van der Waals surface area contributed by atoms with E-state index < -0.39 is 0 Å². The van der Waals surface area contributed by atoms with Crippen molar-refractivity contribution in [2.75, 3.05) is 4.90 Å². The van der Waals surface area contributed by atoms with Crippen LogP contribution in [0.5, 0.6) is 0 Å². The van der Waals surface area contributed by atoms with Crippen molar-refractivity contribution in [1.82, 2.24) is 0 Å². The predicted octanol–water partition coefficient (Wildman–Crippen LogP) is 17.4. The summed E-state index contributed by atoms with van der Waals surface area (Å²) >= 11 is 0. The summed E-state index contributed by atoms with van der Waals surface area (Å²) in [7, 11) is 0. The topological polar surface area (TPSA) is 29.5 Å². The lowest BCUT2D eigenvalue weighted by Gasteiger charge is -2.26. The van der Waals surface area contributed by atoms with E-state index in [-0.39, 0.29) is 0 Å². The molecule has 0 N–H and O–H groups in total. The molecule has 0 saturated carbocycles. The number of benzene rings is 11. The smallest absolute Gasteiger partial charge is 0.143 e. The average molecular weight is 804 g/mol. The Labute approximate surface area is 363 Å². The van der Waals surface area contributed by atoms with Crippen molar-refractivity contribution in [2.45, 2.75) is 0 Å². The first-order valence-electron chi connectivity index (χ1n) is 21.5. The number of nitrogens with zero attached hydrogens (tertiary/aromatic N) is 1. The van der Waals surface area contributed by atoms with Gasteiger partial charge in [-0.25, -0.2) is 0 Å². The molecule has 0 amide bonds. The van der Waals surface area contributed by atoms with Gasteiger partial charge in [0.15, 0.2) is 0 Å². The van der Waals surface area contributed by atoms with E-state index in [1.54, 1.807) is 0 Å². The maximum Gasteiger partial charge on any atom is 0.143 e. The van der Waals surface area contributed by atoms with Crippen LogP contribution < -0.4 is 4.90 Å². The van der Waals surface area contributed by atoms with Gasteiger partial charge >= 0.3 is 0 Å². The minimum Gasteiger partial charge on any atom is -0.456 e. The molecule has 2 aromatic heterocycles. The van der Waals surface area contributed by atoms with Gasteiger partial charge in [0, 0.05) is 44.0 Å². The van der Waals surface area contributed by atoms with Crippen LogP contribution in [0.1, 0.15) is 0 Å². The fourth-order valence-corrected chi connectivity index (χ4v) is 9.85. The maximum absolute atomic E-state index is 6.61. The fourth-order valence-electron chi connectivity index (χ4n) is 9.85. The molecule has 0 atom stereocenters. The van der Waals surface area contributed by atoms with Crippen molar-refractivity contribution in [3.63, 3.8) is 0 Å². The highest BCUT2D eigenvalue weighted by Crippen LogP contribution is 2.44. The molecule has 294 valence electrons. The second kappa shape index (κ2) is 14.1. The quantitative estimate of drug-likeness (QED) is 0.157. The number of anilines is 3. The summed E-state index contributed by atoms with van der Waals surface area (Å²) in [6, 6.07) is 80.6. The van der Waals surface area contributed by atoms with Crippen molar-refractivity contribution in [3.8, 4) is 33.4 Å². The van der Waals surface area contributed by atoms with Crippen LogP contribution in [0.15, 0.2) is 233 Å². The zero-order valence-corrected chi connectivity index (χ0v) is 34.1. The van der Waals surface area contributed by atoms with Crippen LogP contribution >= 0.6 is 0 Å². The molecule has 3 nitrogen and oxygen atoms in total. The predicted molar refractivity (Wildman–Crippen MR) is 265 cm³/mol. The Bertz CT molecular complexity index is 3910. The van der Waals surface area contributed by atoms with Gasteiger partial charge in [-0.05, 0) is 133 Å². The van der Waals surface area contributed by atoms with Crippen LogP contribution in [0.4, 0.5) is 17.1 Å². The van der Waals surface area contributed by atoms with Crippen molar-refractivity contribution in [2.24, 2.45) is 0 Å². The monoisotopic (exact) mass is 803 g/mol. The second-order valence-electron chi connectivity index (χ2n) is 16.4. The molecule has 13 rings (SSSR count). The number of hydrogen-bond donors (Lipinski definition) is 0. The van der Waals surface area contributed by atoms with Gasteiger partial charge in [0.2, 0.25) is 0 Å². The van der Waals surface area contributed by atoms with Crippen LogP contribution in [0, 0.1) is 0 Å². The van der Waals surface area contributed by atoms with Crippen LogP contribution in [-0.4, -0.2) is 0 Å². The van der Waals surface area contributed by atoms with E-state index in [0.29, 0.717) is 0 Å². The SMILES string of the molecule is c1cc(-c2cccc3oc4c5ccccc5ccc4c23)cc(N(c2ccc(-c3ccc4oc5ccccc5c4c3)cc2)c2ccc(-c3cc4ccccc4c4ccccc34)cc2)c1. The summed E-state index contributed by atoms with van der Waals surface area (Å²) in [4.78, 5) is 2.36. The molecule has 13 aromatic rings. The Morgan fingerprint density at radius 2 is 0.905 bits per heavy atom. The first-order valence-corrected chi connectivity index (χ1v) is 21.5. The summed E-state index contributed by atoms with van der Waals surface area (Å²) in [5.41, 5.74) is 13.8. The molecule has 0 spiro atoms. The van der Waals surface area contributed by atoms with Crippen LogP contribution in [0.2, 0.25) is 0 Å². The third kappa shape index (κ3) is 5.75. The Morgan fingerprint density at radius 1 is 0.270 bits per heavy atom. The molecule has 0 fully saturated rings. The molecule has 63 heavy (non-hydrogen) atoms. The van der Waals surface area contributed by atoms with Gasteiger partial charge in [-0.1, -0.05) is 152 Å². The number of furan rings is 2. The molecule has 11 aromatic carbocycles. The zero-order valence-electron chi connectivity index (χ0n) is 34.1. The molecule has 0 aliphatic carbocycles. The van der Waals surface area contributed by atoms with E-state index >= 15 is 0 Å². The second-order valence-corrected chi connectivity index (χ2v) is 16.4. The van der Waals surface area contributed by atoms with Crippen molar-refractivity contribution >= 4 is 93.3 Å². The minimum absolute atomic E-state index is 0.884. The lowest BCUT2D eigenvalue weighted by molar-refractivity contribution is 0.669. The molecule has 0 bridgehead atoms. The van der Waals surface area contributed by atoms with Gasteiger partial charge in [-0.15, -0.1) is 0 Å². The molecular weight excluding hydrogens is 767 g/mol. The highest BCUT2D eigenvalue weighted by molar-refractivity contribution is 6.19. The molecule has 0 aliphatic rings. The summed E-state index contributed by atoms with van der Waals surface area (Å²) in [6.07, 6.45) is 0. The molecule has 0 radical (unpaired) electrons. The first-order chi connectivity index (χ1) is 31.2. The lowest BCUT2D eigenvalue weighted by atomic mass is 9.93. The number of hydrogen-bond acceptors (Lipinski definition) is 3. The van der Waals surface area contributed by atoms with E-state index in [1.165, 1.54) is 38.1 Å². The minimum atomic E-state index is 0.884. The number of rotatable bonds is 6. The normalized spacial score (nSPS) is 11.8.